The molecule has 0 saturated carbocycles. The van der Waals surface area contributed by atoms with Gasteiger partial charge in [-0.25, -0.2) is 9.78 Å². The third kappa shape index (κ3) is 1.81. The van der Waals surface area contributed by atoms with Crippen molar-refractivity contribution < 1.29 is 15.0 Å². The van der Waals surface area contributed by atoms with Crippen LogP contribution in [-0.4, -0.2) is 21.2 Å². The third-order valence-corrected chi connectivity index (χ3v) is 1.22. The lowest BCUT2D eigenvalue weighted by atomic mass is 10.3. The van der Waals surface area contributed by atoms with Gasteiger partial charge >= 0.3 is 5.97 Å². The van der Waals surface area contributed by atoms with Crippen LogP contribution in [0.15, 0.2) is 12.1 Å². The Kier molecular flexibility index (Phi) is 1.96. The Morgan fingerprint density at radius 2 is 2.18 bits per heavy atom. The topological polar surface area (TPSA) is 70.4 Å². The number of halogens is 1. The molecule has 0 aliphatic rings. The molecule has 58 valence electrons. The molecule has 1 aromatic rings. The molecule has 1 heterocycles. The fourth-order valence-corrected chi connectivity index (χ4v) is 0.811. The van der Waals surface area contributed by atoms with Gasteiger partial charge in [0, 0.05) is 6.07 Å². The second kappa shape index (κ2) is 2.75. The fourth-order valence-electron chi connectivity index (χ4n) is 0.607. The number of pyridine rings is 1. The molecular formula is C6H4ClNO3. The second-order valence-electron chi connectivity index (χ2n) is 1.84. The summed E-state index contributed by atoms with van der Waals surface area (Å²) in [5.74, 6) is -1.54. The average molecular weight is 174 g/mol. The highest BCUT2D eigenvalue weighted by atomic mass is 35.5. The van der Waals surface area contributed by atoms with Crippen LogP contribution >= 0.6 is 11.6 Å². The van der Waals surface area contributed by atoms with Crippen molar-refractivity contribution in [3.8, 4) is 5.88 Å². The Morgan fingerprint density at radius 3 is 2.64 bits per heavy atom. The molecule has 0 fully saturated rings. The molecule has 0 unspecified atom stereocenters. The zero-order chi connectivity index (χ0) is 8.43. The number of carboxylic acids is 1. The van der Waals surface area contributed by atoms with Crippen molar-refractivity contribution in [2.45, 2.75) is 0 Å². The summed E-state index contributed by atoms with van der Waals surface area (Å²) in [5.41, 5.74) is -0.0810. The van der Waals surface area contributed by atoms with Crippen molar-refractivity contribution in [1.29, 1.82) is 0 Å². The van der Waals surface area contributed by atoms with Crippen LogP contribution in [0.25, 0.3) is 0 Å². The lowest BCUT2D eigenvalue weighted by Crippen LogP contribution is -1.96. The number of rotatable bonds is 1. The molecule has 0 spiro atoms. The lowest BCUT2D eigenvalue weighted by molar-refractivity contribution is 0.0696. The first-order chi connectivity index (χ1) is 5.09. The summed E-state index contributed by atoms with van der Waals surface area (Å²) >= 11 is 5.36. The predicted octanol–water partition coefficient (Wildman–Crippen LogP) is 1.14. The van der Waals surface area contributed by atoms with Gasteiger partial charge in [-0.15, -0.1) is 0 Å². The quantitative estimate of drug-likeness (QED) is 0.625. The van der Waals surface area contributed by atoms with Gasteiger partial charge < -0.3 is 10.2 Å². The number of nitrogens with zero attached hydrogens (tertiary/aromatic N) is 1. The van der Waals surface area contributed by atoms with Crippen molar-refractivity contribution in [1.82, 2.24) is 4.98 Å². The minimum Gasteiger partial charge on any atom is -0.493 e. The molecule has 0 atom stereocenters. The average Bonchev–Trinajstić information content (AvgIpc) is 1.85. The van der Waals surface area contributed by atoms with E-state index in [1.54, 1.807) is 0 Å². The summed E-state index contributed by atoms with van der Waals surface area (Å²) in [6.07, 6.45) is 0. The number of carboxylic acid groups (broad SMARTS) is 1. The first kappa shape index (κ1) is 7.81. The van der Waals surface area contributed by atoms with Crippen molar-refractivity contribution in [3.63, 3.8) is 0 Å². The van der Waals surface area contributed by atoms with Gasteiger partial charge in [0.1, 0.15) is 5.15 Å². The molecule has 0 radical (unpaired) electrons. The van der Waals surface area contributed by atoms with Gasteiger partial charge in [-0.3, -0.25) is 0 Å². The zero-order valence-electron chi connectivity index (χ0n) is 5.28. The van der Waals surface area contributed by atoms with Crippen LogP contribution < -0.4 is 0 Å². The number of hydrogen-bond donors (Lipinski definition) is 2. The Balaban J connectivity index is 3.19. The summed E-state index contributed by atoms with van der Waals surface area (Å²) in [7, 11) is 0. The Hall–Kier alpha value is -1.29. The van der Waals surface area contributed by atoms with E-state index in [2.05, 4.69) is 4.98 Å². The maximum atomic E-state index is 10.3. The van der Waals surface area contributed by atoms with Crippen molar-refractivity contribution in [2.75, 3.05) is 0 Å². The SMILES string of the molecule is O=C(O)c1cc(O)nc(Cl)c1. The van der Waals surface area contributed by atoms with E-state index >= 15 is 0 Å². The minimum absolute atomic E-state index is 0.0394. The Bertz CT molecular complexity index is 280. The second-order valence-corrected chi connectivity index (χ2v) is 2.23. The predicted molar refractivity (Wildman–Crippen MR) is 37.9 cm³/mol. The summed E-state index contributed by atoms with van der Waals surface area (Å²) < 4.78 is 0. The molecule has 1 rings (SSSR count). The summed E-state index contributed by atoms with van der Waals surface area (Å²) in [4.78, 5) is 13.7. The molecule has 0 aromatic carbocycles. The maximum Gasteiger partial charge on any atom is 0.335 e. The molecule has 11 heavy (non-hydrogen) atoms. The van der Waals surface area contributed by atoms with Crippen LogP contribution in [0.3, 0.4) is 0 Å². The lowest BCUT2D eigenvalue weighted by Gasteiger charge is -1.95. The fraction of sp³-hybridized carbons (Fsp3) is 0. The molecule has 5 heteroatoms. The Morgan fingerprint density at radius 1 is 1.55 bits per heavy atom. The number of hydrogen-bond acceptors (Lipinski definition) is 3. The first-order valence-electron chi connectivity index (χ1n) is 2.69. The molecule has 2 N–H and O–H groups in total. The molecule has 0 bridgehead atoms. The van der Waals surface area contributed by atoms with Crippen molar-refractivity contribution in [2.24, 2.45) is 0 Å². The van der Waals surface area contributed by atoms with E-state index in [4.69, 9.17) is 21.8 Å². The van der Waals surface area contributed by atoms with Crippen LogP contribution in [0.2, 0.25) is 5.15 Å². The van der Waals surface area contributed by atoms with E-state index < -0.39 is 11.8 Å². The normalized spacial score (nSPS) is 9.55. The van der Waals surface area contributed by atoms with Crippen molar-refractivity contribution >= 4 is 17.6 Å². The van der Waals surface area contributed by atoms with E-state index in [0.717, 1.165) is 12.1 Å². The van der Waals surface area contributed by atoms with Gasteiger partial charge in [-0.05, 0) is 6.07 Å². The smallest absolute Gasteiger partial charge is 0.335 e. The molecule has 0 saturated heterocycles. The highest BCUT2D eigenvalue weighted by molar-refractivity contribution is 6.29. The molecule has 4 nitrogen and oxygen atoms in total. The zero-order valence-corrected chi connectivity index (χ0v) is 6.04. The van der Waals surface area contributed by atoms with E-state index in [9.17, 15) is 4.79 Å². The van der Waals surface area contributed by atoms with Gasteiger partial charge in [0.05, 0.1) is 5.56 Å². The van der Waals surface area contributed by atoms with Crippen LogP contribution in [0.1, 0.15) is 10.4 Å². The van der Waals surface area contributed by atoms with Gasteiger partial charge in [0.15, 0.2) is 0 Å². The van der Waals surface area contributed by atoms with Gasteiger partial charge in [0.25, 0.3) is 0 Å². The monoisotopic (exact) mass is 173 g/mol. The van der Waals surface area contributed by atoms with Crippen LogP contribution in [0.4, 0.5) is 0 Å². The summed E-state index contributed by atoms with van der Waals surface area (Å²) in [6.45, 7) is 0. The number of carbonyl (C=O) groups is 1. The largest absolute Gasteiger partial charge is 0.493 e. The van der Waals surface area contributed by atoms with E-state index in [0.29, 0.717) is 0 Å². The number of aromatic carboxylic acids is 1. The number of aromatic nitrogens is 1. The highest BCUT2D eigenvalue weighted by Crippen LogP contribution is 2.14. The summed E-state index contributed by atoms with van der Waals surface area (Å²) in [5, 5.41) is 17.2. The maximum absolute atomic E-state index is 10.3. The van der Waals surface area contributed by atoms with Gasteiger partial charge in [-0.1, -0.05) is 11.6 Å². The molecule has 0 aliphatic heterocycles. The third-order valence-electron chi connectivity index (χ3n) is 1.03. The van der Waals surface area contributed by atoms with E-state index in [1.807, 2.05) is 0 Å². The number of aromatic hydroxyl groups is 1. The van der Waals surface area contributed by atoms with Crippen LogP contribution in [-0.2, 0) is 0 Å². The molecule has 0 aliphatic carbocycles. The van der Waals surface area contributed by atoms with E-state index in [1.165, 1.54) is 0 Å². The van der Waals surface area contributed by atoms with Gasteiger partial charge in [-0.2, -0.15) is 0 Å². The molecular weight excluding hydrogens is 170 g/mol. The molecule has 1 aromatic heterocycles. The Labute approximate surface area is 67.1 Å². The summed E-state index contributed by atoms with van der Waals surface area (Å²) in [6, 6.07) is 2.18. The standard InChI is InChI=1S/C6H4ClNO3/c7-4-1-3(6(10)11)2-5(9)8-4/h1-2H,(H,8,9)(H,10,11). The van der Waals surface area contributed by atoms with Gasteiger partial charge in [0.2, 0.25) is 5.88 Å². The minimum atomic E-state index is -1.15. The van der Waals surface area contributed by atoms with Crippen LogP contribution in [0, 0.1) is 0 Å². The highest BCUT2D eigenvalue weighted by Gasteiger charge is 2.05. The van der Waals surface area contributed by atoms with Crippen LogP contribution in [0.5, 0.6) is 5.88 Å². The first-order valence-corrected chi connectivity index (χ1v) is 3.07. The molecule has 0 amide bonds. The van der Waals surface area contributed by atoms with E-state index in [-0.39, 0.29) is 10.7 Å². The van der Waals surface area contributed by atoms with Crippen molar-refractivity contribution in [3.05, 3.63) is 22.8 Å².